The lowest BCUT2D eigenvalue weighted by Crippen LogP contribution is -2.42. The summed E-state index contributed by atoms with van der Waals surface area (Å²) in [6, 6.07) is -0.744. The Balaban J connectivity index is 2.32. The molecule has 3 N–H and O–H groups in total. The Labute approximate surface area is 112 Å². The molecule has 0 radical (unpaired) electrons. The van der Waals surface area contributed by atoms with Crippen LogP contribution in [-0.4, -0.2) is 48.1 Å². The van der Waals surface area contributed by atoms with Crippen LogP contribution in [0.4, 0.5) is 0 Å². The number of piperidine rings is 1. The van der Waals surface area contributed by atoms with Gasteiger partial charge in [-0.15, -0.1) is 0 Å². The van der Waals surface area contributed by atoms with E-state index in [0.29, 0.717) is 18.8 Å². The number of rotatable bonds is 7. The molecule has 6 heteroatoms. The van der Waals surface area contributed by atoms with Gasteiger partial charge in [0.25, 0.3) is 0 Å². The number of aliphatic carboxylic acids is 1. The quantitative estimate of drug-likeness (QED) is 0.637. The molecule has 0 bridgehead atoms. The average molecular weight is 274 g/mol. The number of thioether (sulfide) groups is 1. The zero-order chi connectivity index (χ0) is 13.4. The highest BCUT2D eigenvalue weighted by Crippen LogP contribution is 2.15. The second kappa shape index (κ2) is 8.37. The minimum atomic E-state index is -0.942. The maximum atomic E-state index is 11.8. The Hall–Kier alpha value is -0.750. The molecular weight excluding hydrogens is 252 g/mol. The van der Waals surface area contributed by atoms with Gasteiger partial charge in [0.05, 0.1) is 0 Å². The van der Waals surface area contributed by atoms with Crippen molar-refractivity contribution in [2.45, 2.75) is 31.7 Å². The van der Waals surface area contributed by atoms with Gasteiger partial charge in [-0.25, -0.2) is 4.79 Å². The van der Waals surface area contributed by atoms with Crippen LogP contribution in [-0.2, 0) is 9.59 Å². The molecule has 1 rings (SSSR count). The van der Waals surface area contributed by atoms with Crippen molar-refractivity contribution in [2.75, 3.05) is 25.1 Å². The summed E-state index contributed by atoms with van der Waals surface area (Å²) < 4.78 is 0. The maximum absolute atomic E-state index is 11.8. The smallest absolute Gasteiger partial charge is 0.326 e. The van der Waals surface area contributed by atoms with Crippen LogP contribution < -0.4 is 10.6 Å². The molecular formula is C12H22N2O3S. The highest BCUT2D eigenvalue weighted by molar-refractivity contribution is 7.98. The number of carbonyl (C=O) groups excluding carboxylic acids is 1. The molecule has 104 valence electrons. The molecule has 0 unspecified atom stereocenters. The summed E-state index contributed by atoms with van der Waals surface area (Å²) in [5.74, 6) is 0.0595. The van der Waals surface area contributed by atoms with Gasteiger partial charge in [-0.3, -0.25) is 4.79 Å². The molecule has 0 aromatic carbocycles. The third-order valence-corrected chi connectivity index (χ3v) is 3.82. The van der Waals surface area contributed by atoms with Gasteiger partial charge in [0.1, 0.15) is 6.04 Å². The Morgan fingerprint density at radius 2 is 2.11 bits per heavy atom. The fraction of sp³-hybridized carbons (Fsp3) is 0.833. The molecule has 0 aromatic rings. The van der Waals surface area contributed by atoms with E-state index >= 15 is 0 Å². The summed E-state index contributed by atoms with van der Waals surface area (Å²) in [5.41, 5.74) is 0. The monoisotopic (exact) mass is 274 g/mol. The lowest BCUT2D eigenvalue weighted by Gasteiger charge is -2.23. The summed E-state index contributed by atoms with van der Waals surface area (Å²) in [4.78, 5) is 22.8. The van der Waals surface area contributed by atoms with Crippen molar-refractivity contribution < 1.29 is 14.7 Å². The molecule has 1 saturated heterocycles. The number of carbonyl (C=O) groups is 2. The Kier molecular flexibility index (Phi) is 7.12. The normalized spacial score (nSPS) is 18.3. The predicted octanol–water partition coefficient (Wildman–Crippen LogP) is 0.699. The van der Waals surface area contributed by atoms with Crippen molar-refractivity contribution in [1.82, 2.24) is 10.6 Å². The van der Waals surface area contributed by atoms with E-state index in [0.717, 1.165) is 31.7 Å². The number of carboxylic acid groups (broad SMARTS) is 1. The van der Waals surface area contributed by atoms with Crippen LogP contribution >= 0.6 is 11.8 Å². The molecule has 0 saturated carbocycles. The van der Waals surface area contributed by atoms with Crippen LogP contribution in [0.5, 0.6) is 0 Å². The molecule has 0 aliphatic carbocycles. The van der Waals surface area contributed by atoms with E-state index in [1.54, 1.807) is 11.8 Å². The van der Waals surface area contributed by atoms with Crippen LogP contribution in [0, 0.1) is 5.92 Å². The van der Waals surface area contributed by atoms with Gasteiger partial charge < -0.3 is 15.7 Å². The first-order valence-electron chi connectivity index (χ1n) is 6.35. The number of hydrogen-bond acceptors (Lipinski definition) is 4. The van der Waals surface area contributed by atoms with Crippen LogP contribution in [0.3, 0.4) is 0 Å². The van der Waals surface area contributed by atoms with Gasteiger partial charge in [0.2, 0.25) is 5.91 Å². The number of carboxylic acids is 1. The second-order valence-corrected chi connectivity index (χ2v) is 5.62. The molecule has 0 aromatic heterocycles. The van der Waals surface area contributed by atoms with Crippen molar-refractivity contribution in [1.29, 1.82) is 0 Å². The van der Waals surface area contributed by atoms with Gasteiger partial charge in [-0.2, -0.15) is 11.8 Å². The van der Waals surface area contributed by atoms with Crippen LogP contribution in [0.1, 0.15) is 25.7 Å². The first-order valence-corrected chi connectivity index (χ1v) is 7.74. The molecule has 1 fully saturated rings. The van der Waals surface area contributed by atoms with Gasteiger partial charge in [-0.05, 0) is 50.3 Å². The van der Waals surface area contributed by atoms with E-state index in [1.165, 1.54) is 0 Å². The first-order chi connectivity index (χ1) is 8.63. The fourth-order valence-electron chi connectivity index (χ4n) is 2.09. The lowest BCUT2D eigenvalue weighted by molar-refractivity contribution is -0.142. The van der Waals surface area contributed by atoms with Gasteiger partial charge in [-0.1, -0.05) is 0 Å². The zero-order valence-corrected chi connectivity index (χ0v) is 11.6. The fourth-order valence-corrected chi connectivity index (χ4v) is 2.57. The number of amides is 1. The Morgan fingerprint density at radius 1 is 1.44 bits per heavy atom. The zero-order valence-electron chi connectivity index (χ0n) is 10.8. The first kappa shape index (κ1) is 15.3. The van der Waals surface area contributed by atoms with Crippen LogP contribution in [0.15, 0.2) is 0 Å². The highest BCUT2D eigenvalue weighted by atomic mass is 32.2. The standard InChI is InChI=1S/C12H22N2O3S/c1-18-7-4-10(12(16)17)14-11(15)8-9-2-5-13-6-3-9/h9-10,13H,2-8H2,1H3,(H,14,15)(H,16,17)/t10-/m0/s1. The van der Waals surface area contributed by atoms with Crippen molar-refractivity contribution in [3.8, 4) is 0 Å². The summed E-state index contributed by atoms with van der Waals surface area (Å²) in [6.45, 7) is 1.90. The maximum Gasteiger partial charge on any atom is 0.326 e. The van der Waals surface area contributed by atoms with Gasteiger partial charge in [0, 0.05) is 6.42 Å². The van der Waals surface area contributed by atoms with E-state index in [2.05, 4.69) is 10.6 Å². The van der Waals surface area contributed by atoms with Crippen molar-refractivity contribution in [3.05, 3.63) is 0 Å². The number of nitrogens with one attached hydrogen (secondary N) is 2. The lowest BCUT2D eigenvalue weighted by atomic mass is 9.94. The second-order valence-electron chi connectivity index (χ2n) is 4.64. The molecule has 1 heterocycles. The summed E-state index contributed by atoms with van der Waals surface area (Å²) in [5, 5.41) is 14.9. The largest absolute Gasteiger partial charge is 0.480 e. The highest BCUT2D eigenvalue weighted by Gasteiger charge is 2.22. The molecule has 1 aliphatic rings. The molecule has 0 spiro atoms. The summed E-state index contributed by atoms with van der Waals surface area (Å²) >= 11 is 1.59. The van der Waals surface area contributed by atoms with Crippen LogP contribution in [0.2, 0.25) is 0 Å². The van der Waals surface area contributed by atoms with E-state index in [1.807, 2.05) is 6.26 Å². The molecule has 1 aliphatic heterocycles. The van der Waals surface area contributed by atoms with Crippen LogP contribution in [0.25, 0.3) is 0 Å². The third kappa shape index (κ3) is 5.73. The number of hydrogen-bond donors (Lipinski definition) is 3. The molecule has 1 atom stereocenters. The van der Waals surface area contributed by atoms with Crippen molar-refractivity contribution in [3.63, 3.8) is 0 Å². The van der Waals surface area contributed by atoms with Crippen molar-refractivity contribution >= 4 is 23.6 Å². The minimum absolute atomic E-state index is 0.129. The third-order valence-electron chi connectivity index (χ3n) is 3.18. The van der Waals surface area contributed by atoms with Gasteiger partial charge in [0.15, 0.2) is 0 Å². The van der Waals surface area contributed by atoms with E-state index < -0.39 is 12.0 Å². The SMILES string of the molecule is CSCC[C@H](NC(=O)CC1CCNCC1)C(=O)O. The summed E-state index contributed by atoms with van der Waals surface area (Å²) in [7, 11) is 0. The van der Waals surface area contributed by atoms with Crippen molar-refractivity contribution in [2.24, 2.45) is 5.92 Å². The van der Waals surface area contributed by atoms with E-state index in [-0.39, 0.29) is 5.91 Å². The predicted molar refractivity (Wildman–Crippen MR) is 72.8 cm³/mol. The summed E-state index contributed by atoms with van der Waals surface area (Å²) in [6.07, 6.45) is 4.85. The molecule has 18 heavy (non-hydrogen) atoms. The molecule has 5 nitrogen and oxygen atoms in total. The van der Waals surface area contributed by atoms with E-state index in [9.17, 15) is 9.59 Å². The Morgan fingerprint density at radius 3 is 2.67 bits per heavy atom. The Bertz CT molecular complexity index is 280. The average Bonchev–Trinajstić information content (AvgIpc) is 2.35. The minimum Gasteiger partial charge on any atom is -0.480 e. The topological polar surface area (TPSA) is 78.4 Å². The molecule has 1 amide bonds. The van der Waals surface area contributed by atoms with E-state index in [4.69, 9.17) is 5.11 Å². The van der Waals surface area contributed by atoms with Gasteiger partial charge >= 0.3 is 5.97 Å².